The van der Waals surface area contributed by atoms with Crippen molar-refractivity contribution in [3.63, 3.8) is 0 Å². The number of hydrogen-bond donors (Lipinski definition) is 1. The van der Waals surface area contributed by atoms with E-state index in [0.29, 0.717) is 18.9 Å². The zero-order valence-electron chi connectivity index (χ0n) is 9.92. The van der Waals surface area contributed by atoms with Crippen LogP contribution in [0.3, 0.4) is 0 Å². The number of carbonyl (C=O) groups is 1. The molecule has 1 aromatic heterocycles. The molecule has 2 atom stereocenters. The van der Waals surface area contributed by atoms with Crippen molar-refractivity contribution in [1.82, 2.24) is 20.2 Å². The second-order valence-corrected chi connectivity index (χ2v) is 4.10. The molecule has 2 unspecified atom stereocenters. The summed E-state index contributed by atoms with van der Waals surface area (Å²) in [6.07, 6.45) is 1.51. The highest BCUT2D eigenvalue weighted by molar-refractivity contribution is 5.69. The maximum atomic E-state index is 10.7. The van der Waals surface area contributed by atoms with Crippen molar-refractivity contribution in [3.05, 3.63) is 5.82 Å². The van der Waals surface area contributed by atoms with Crippen molar-refractivity contribution in [1.29, 1.82) is 0 Å². The number of aromatic nitrogens is 4. The Morgan fingerprint density at radius 1 is 1.50 bits per heavy atom. The van der Waals surface area contributed by atoms with Crippen LogP contribution in [0.4, 0.5) is 0 Å². The van der Waals surface area contributed by atoms with Crippen LogP contribution in [0.5, 0.6) is 0 Å². The number of rotatable bonds is 6. The topological polar surface area (TPSA) is 80.9 Å². The number of nitrogens with zero attached hydrogens (tertiary/aromatic N) is 4. The Hall–Kier alpha value is -1.46. The Balaban J connectivity index is 2.60. The lowest BCUT2D eigenvalue weighted by atomic mass is 10.1. The van der Waals surface area contributed by atoms with Crippen LogP contribution in [-0.2, 0) is 11.3 Å². The molecule has 1 aromatic rings. The van der Waals surface area contributed by atoms with Gasteiger partial charge in [0.1, 0.15) is 0 Å². The third-order valence-corrected chi connectivity index (χ3v) is 2.81. The van der Waals surface area contributed by atoms with Gasteiger partial charge in [-0.15, -0.1) is 5.10 Å². The number of aliphatic carboxylic acids is 1. The fourth-order valence-electron chi connectivity index (χ4n) is 1.35. The van der Waals surface area contributed by atoms with Gasteiger partial charge in [-0.2, -0.15) is 0 Å². The molecule has 6 nitrogen and oxygen atoms in total. The van der Waals surface area contributed by atoms with Crippen LogP contribution in [0.2, 0.25) is 0 Å². The van der Waals surface area contributed by atoms with E-state index in [9.17, 15) is 4.79 Å². The van der Waals surface area contributed by atoms with Gasteiger partial charge in [-0.25, -0.2) is 4.68 Å². The minimum absolute atomic E-state index is 0.301. The summed E-state index contributed by atoms with van der Waals surface area (Å²) in [7, 11) is 0. The van der Waals surface area contributed by atoms with E-state index in [1.165, 1.54) is 0 Å². The molecule has 0 aliphatic heterocycles. The molecule has 0 bridgehead atoms. The lowest BCUT2D eigenvalue weighted by molar-refractivity contribution is -0.141. The number of carboxylic acid groups (broad SMARTS) is 1. The summed E-state index contributed by atoms with van der Waals surface area (Å²) in [5, 5.41) is 20.2. The normalized spacial score (nSPS) is 14.7. The fraction of sp³-hybridized carbons (Fsp3) is 0.800. The van der Waals surface area contributed by atoms with Crippen LogP contribution in [-0.4, -0.2) is 31.3 Å². The zero-order valence-corrected chi connectivity index (χ0v) is 9.92. The van der Waals surface area contributed by atoms with Gasteiger partial charge in [-0.1, -0.05) is 20.8 Å². The number of hydrogen-bond acceptors (Lipinski definition) is 4. The predicted octanol–water partition coefficient (Wildman–Crippen LogP) is 1.30. The second-order valence-electron chi connectivity index (χ2n) is 4.10. The monoisotopic (exact) mass is 226 g/mol. The van der Waals surface area contributed by atoms with Crippen molar-refractivity contribution >= 4 is 5.97 Å². The van der Waals surface area contributed by atoms with Gasteiger partial charge < -0.3 is 5.11 Å². The van der Waals surface area contributed by atoms with Crippen LogP contribution in [0.25, 0.3) is 0 Å². The molecule has 0 saturated carbocycles. The van der Waals surface area contributed by atoms with E-state index in [1.807, 2.05) is 0 Å². The average Bonchev–Trinajstić information content (AvgIpc) is 2.72. The lowest BCUT2D eigenvalue weighted by Crippen LogP contribution is -2.15. The smallest absolute Gasteiger partial charge is 0.306 e. The van der Waals surface area contributed by atoms with Crippen molar-refractivity contribution < 1.29 is 9.90 Å². The van der Waals surface area contributed by atoms with Gasteiger partial charge in [-0.05, 0) is 23.3 Å². The molecule has 0 amide bonds. The van der Waals surface area contributed by atoms with Crippen molar-refractivity contribution in [2.24, 2.45) is 5.92 Å². The third-order valence-electron chi connectivity index (χ3n) is 2.81. The first-order valence-electron chi connectivity index (χ1n) is 5.55. The summed E-state index contributed by atoms with van der Waals surface area (Å²) in [5.74, 6) is -0.0117. The molecule has 16 heavy (non-hydrogen) atoms. The number of tetrazole rings is 1. The van der Waals surface area contributed by atoms with E-state index in [-0.39, 0.29) is 5.92 Å². The van der Waals surface area contributed by atoms with Gasteiger partial charge in [0, 0.05) is 12.5 Å². The molecule has 1 heterocycles. The molecule has 0 spiro atoms. The van der Waals surface area contributed by atoms with Gasteiger partial charge in [0.05, 0.1) is 5.92 Å². The molecule has 1 rings (SSSR count). The van der Waals surface area contributed by atoms with E-state index < -0.39 is 5.97 Å². The summed E-state index contributed by atoms with van der Waals surface area (Å²) >= 11 is 0. The summed E-state index contributed by atoms with van der Waals surface area (Å²) < 4.78 is 1.70. The predicted molar refractivity (Wildman–Crippen MR) is 57.9 cm³/mol. The van der Waals surface area contributed by atoms with E-state index in [1.54, 1.807) is 11.6 Å². The molecule has 90 valence electrons. The van der Waals surface area contributed by atoms with Gasteiger partial charge in [0.2, 0.25) is 0 Å². The first-order valence-corrected chi connectivity index (χ1v) is 5.55. The average molecular weight is 226 g/mol. The minimum Gasteiger partial charge on any atom is -0.481 e. The van der Waals surface area contributed by atoms with Crippen LogP contribution >= 0.6 is 0 Å². The summed E-state index contributed by atoms with van der Waals surface area (Å²) in [5.41, 5.74) is 0. The van der Waals surface area contributed by atoms with E-state index in [4.69, 9.17) is 5.11 Å². The first-order chi connectivity index (χ1) is 7.56. The molecular formula is C10H18N4O2. The fourth-order valence-corrected chi connectivity index (χ4v) is 1.35. The Morgan fingerprint density at radius 2 is 2.19 bits per heavy atom. The molecule has 1 N–H and O–H groups in total. The summed E-state index contributed by atoms with van der Waals surface area (Å²) in [6.45, 7) is 6.38. The van der Waals surface area contributed by atoms with Crippen molar-refractivity contribution in [2.45, 2.75) is 46.1 Å². The van der Waals surface area contributed by atoms with Crippen LogP contribution in [0.1, 0.15) is 45.4 Å². The van der Waals surface area contributed by atoms with Crippen LogP contribution < -0.4 is 0 Å². The van der Waals surface area contributed by atoms with Gasteiger partial charge >= 0.3 is 5.97 Å². The van der Waals surface area contributed by atoms with Crippen molar-refractivity contribution in [3.8, 4) is 0 Å². The molecule has 0 saturated heterocycles. The SMILES string of the molecule is CCC(C)c1nnnn1CCC(C)C(=O)O. The van der Waals surface area contributed by atoms with Crippen LogP contribution in [0.15, 0.2) is 0 Å². The van der Waals surface area contributed by atoms with E-state index in [0.717, 1.165) is 12.2 Å². The molecule has 0 aliphatic rings. The molecule has 0 fully saturated rings. The number of aryl methyl sites for hydroxylation is 1. The molecular weight excluding hydrogens is 208 g/mol. The molecule has 0 aliphatic carbocycles. The van der Waals surface area contributed by atoms with E-state index in [2.05, 4.69) is 29.4 Å². The minimum atomic E-state index is -0.779. The van der Waals surface area contributed by atoms with E-state index >= 15 is 0 Å². The van der Waals surface area contributed by atoms with Crippen LogP contribution in [0, 0.1) is 5.92 Å². The molecule has 0 radical (unpaired) electrons. The Labute approximate surface area is 94.7 Å². The maximum absolute atomic E-state index is 10.7. The van der Waals surface area contributed by atoms with Crippen molar-refractivity contribution in [2.75, 3.05) is 0 Å². The highest BCUT2D eigenvalue weighted by atomic mass is 16.4. The van der Waals surface area contributed by atoms with Gasteiger partial charge in [0.15, 0.2) is 5.82 Å². The quantitative estimate of drug-likeness (QED) is 0.790. The second kappa shape index (κ2) is 5.58. The Morgan fingerprint density at radius 3 is 2.75 bits per heavy atom. The molecule has 6 heteroatoms. The zero-order chi connectivity index (χ0) is 12.1. The Bertz CT molecular complexity index is 350. The summed E-state index contributed by atoms with van der Waals surface area (Å²) in [4.78, 5) is 10.7. The van der Waals surface area contributed by atoms with Gasteiger partial charge in [-0.3, -0.25) is 4.79 Å². The highest BCUT2D eigenvalue weighted by Gasteiger charge is 2.15. The lowest BCUT2D eigenvalue weighted by Gasteiger charge is -2.10. The largest absolute Gasteiger partial charge is 0.481 e. The highest BCUT2D eigenvalue weighted by Crippen LogP contribution is 2.15. The summed E-state index contributed by atoms with van der Waals surface area (Å²) in [6, 6.07) is 0. The third kappa shape index (κ3) is 3.01. The standard InChI is InChI=1S/C10H18N4O2/c1-4-7(2)9-11-12-13-14(9)6-5-8(3)10(15)16/h7-8H,4-6H2,1-3H3,(H,15,16). The first kappa shape index (κ1) is 12.6. The Kier molecular flexibility index (Phi) is 4.39. The molecule has 0 aromatic carbocycles. The number of carboxylic acids is 1. The maximum Gasteiger partial charge on any atom is 0.306 e. The van der Waals surface area contributed by atoms with Gasteiger partial charge in [0.25, 0.3) is 0 Å².